The summed E-state index contributed by atoms with van der Waals surface area (Å²) < 4.78 is 37.5. The lowest BCUT2D eigenvalue weighted by atomic mass is 10.2. The first kappa shape index (κ1) is 16.9. The number of nitrogens with one attached hydrogen (secondary N) is 1. The second kappa shape index (κ2) is 7.58. The average Bonchev–Trinajstić information content (AvgIpc) is 2.45. The monoisotopic (exact) mass is 302 g/mol. The summed E-state index contributed by atoms with van der Waals surface area (Å²) in [6.07, 6.45) is 0.635. The zero-order valence-corrected chi connectivity index (χ0v) is 12.9. The van der Waals surface area contributed by atoms with E-state index in [1.807, 2.05) is 6.92 Å². The molecule has 20 heavy (non-hydrogen) atoms. The predicted octanol–water partition coefficient (Wildman–Crippen LogP) is 0.857. The van der Waals surface area contributed by atoms with Crippen molar-refractivity contribution in [3.8, 4) is 5.75 Å². The lowest BCUT2D eigenvalue weighted by Gasteiger charge is -2.17. The highest BCUT2D eigenvalue weighted by Crippen LogP contribution is 2.25. The van der Waals surface area contributed by atoms with Gasteiger partial charge in [-0.15, -0.1) is 0 Å². The van der Waals surface area contributed by atoms with E-state index < -0.39 is 10.0 Å². The van der Waals surface area contributed by atoms with E-state index in [2.05, 4.69) is 4.72 Å². The maximum absolute atomic E-state index is 12.4. The van der Waals surface area contributed by atoms with E-state index in [9.17, 15) is 8.42 Å². The fourth-order valence-electron chi connectivity index (χ4n) is 1.78. The van der Waals surface area contributed by atoms with Crippen LogP contribution in [0.3, 0.4) is 0 Å². The number of hydrogen-bond acceptors (Lipinski definition) is 5. The minimum Gasteiger partial charge on any atom is -0.495 e. The molecule has 0 spiro atoms. The molecular formula is C13H22N2O4S. The Balaban J connectivity index is 3.08. The number of nitrogens with two attached hydrogens (primary N) is 1. The Bertz CT molecular complexity index is 531. The van der Waals surface area contributed by atoms with Gasteiger partial charge in [-0.05, 0) is 24.1 Å². The standard InChI is InChI=1S/C13H22N2O4S/c1-4-11(9-18-2)15-20(16,17)13-6-5-10(8-14)7-12(13)19-3/h5-7,11,15H,4,8-9,14H2,1-3H3. The van der Waals surface area contributed by atoms with E-state index in [4.69, 9.17) is 15.2 Å². The minimum atomic E-state index is -3.66. The van der Waals surface area contributed by atoms with Crippen LogP contribution in [0.2, 0.25) is 0 Å². The fourth-order valence-corrected chi connectivity index (χ4v) is 3.24. The van der Waals surface area contributed by atoms with Crippen molar-refractivity contribution < 1.29 is 17.9 Å². The van der Waals surface area contributed by atoms with E-state index in [1.54, 1.807) is 12.1 Å². The molecule has 0 aromatic heterocycles. The fraction of sp³-hybridized carbons (Fsp3) is 0.538. The van der Waals surface area contributed by atoms with Gasteiger partial charge in [-0.1, -0.05) is 13.0 Å². The van der Waals surface area contributed by atoms with Gasteiger partial charge in [-0.2, -0.15) is 0 Å². The van der Waals surface area contributed by atoms with Gasteiger partial charge < -0.3 is 15.2 Å². The van der Waals surface area contributed by atoms with Crippen molar-refractivity contribution in [3.63, 3.8) is 0 Å². The summed E-state index contributed by atoms with van der Waals surface area (Å²) >= 11 is 0. The molecule has 0 saturated carbocycles. The van der Waals surface area contributed by atoms with Crippen LogP contribution in [0.15, 0.2) is 23.1 Å². The molecule has 0 radical (unpaired) electrons. The van der Waals surface area contributed by atoms with Crippen LogP contribution >= 0.6 is 0 Å². The van der Waals surface area contributed by atoms with Gasteiger partial charge in [-0.3, -0.25) is 0 Å². The summed E-state index contributed by atoms with van der Waals surface area (Å²) in [5.41, 5.74) is 6.35. The summed E-state index contributed by atoms with van der Waals surface area (Å²) in [6.45, 7) is 2.53. The molecule has 114 valence electrons. The molecule has 0 fully saturated rings. The van der Waals surface area contributed by atoms with Gasteiger partial charge in [0.25, 0.3) is 0 Å². The number of benzene rings is 1. The van der Waals surface area contributed by atoms with Crippen molar-refractivity contribution in [2.75, 3.05) is 20.8 Å². The van der Waals surface area contributed by atoms with Gasteiger partial charge in [0.05, 0.1) is 13.7 Å². The second-order valence-electron chi connectivity index (χ2n) is 4.37. The van der Waals surface area contributed by atoms with Crippen molar-refractivity contribution in [1.29, 1.82) is 0 Å². The topological polar surface area (TPSA) is 90.7 Å². The first-order valence-corrected chi connectivity index (χ1v) is 7.85. The molecule has 1 rings (SSSR count). The lowest BCUT2D eigenvalue weighted by molar-refractivity contribution is 0.173. The molecule has 0 bridgehead atoms. The molecule has 0 aliphatic heterocycles. The Morgan fingerprint density at radius 3 is 2.55 bits per heavy atom. The molecule has 6 nitrogen and oxygen atoms in total. The van der Waals surface area contributed by atoms with Crippen molar-refractivity contribution in [2.24, 2.45) is 5.73 Å². The number of ether oxygens (including phenoxy) is 2. The molecule has 3 N–H and O–H groups in total. The highest BCUT2D eigenvalue weighted by Gasteiger charge is 2.23. The lowest BCUT2D eigenvalue weighted by Crippen LogP contribution is -2.37. The third kappa shape index (κ3) is 4.17. The van der Waals surface area contributed by atoms with Crippen molar-refractivity contribution >= 4 is 10.0 Å². The molecule has 1 unspecified atom stereocenters. The third-order valence-electron chi connectivity index (χ3n) is 2.94. The van der Waals surface area contributed by atoms with Crippen molar-refractivity contribution in [1.82, 2.24) is 4.72 Å². The first-order valence-electron chi connectivity index (χ1n) is 6.36. The van der Waals surface area contributed by atoms with Gasteiger partial charge in [0.2, 0.25) is 10.0 Å². The zero-order chi connectivity index (χ0) is 15.2. The van der Waals surface area contributed by atoms with Gasteiger partial charge >= 0.3 is 0 Å². The molecule has 0 saturated heterocycles. The number of hydrogen-bond donors (Lipinski definition) is 2. The molecule has 1 aromatic carbocycles. The molecule has 0 aliphatic carbocycles. The van der Waals surface area contributed by atoms with E-state index in [-0.39, 0.29) is 16.7 Å². The largest absolute Gasteiger partial charge is 0.495 e. The Morgan fingerprint density at radius 1 is 1.35 bits per heavy atom. The number of sulfonamides is 1. The van der Waals surface area contributed by atoms with E-state index in [1.165, 1.54) is 20.3 Å². The zero-order valence-electron chi connectivity index (χ0n) is 12.0. The molecule has 7 heteroatoms. The Morgan fingerprint density at radius 2 is 2.05 bits per heavy atom. The van der Waals surface area contributed by atoms with Crippen LogP contribution < -0.4 is 15.2 Å². The van der Waals surface area contributed by atoms with Crippen LogP contribution in [-0.4, -0.2) is 35.3 Å². The van der Waals surface area contributed by atoms with Crippen LogP contribution in [0.1, 0.15) is 18.9 Å². The average molecular weight is 302 g/mol. The minimum absolute atomic E-state index is 0.103. The molecular weight excluding hydrogens is 280 g/mol. The Kier molecular flexibility index (Phi) is 6.41. The molecule has 0 heterocycles. The summed E-state index contributed by atoms with van der Waals surface area (Å²) in [5, 5.41) is 0. The van der Waals surface area contributed by atoms with E-state index >= 15 is 0 Å². The predicted molar refractivity (Wildman–Crippen MR) is 77.2 cm³/mol. The van der Waals surface area contributed by atoms with Gasteiger partial charge in [0, 0.05) is 19.7 Å². The maximum atomic E-state index is 12.4. The van der Waals surface area contributed by atoms with Crippen molar-refractivity contribution in [3.05, 3.63) is 23.8 Å². The van der Waals surface area contributed by atoms with Crippen LogP contribution in [0.5, 0.6) is 5.75 Å². The molecule has 0 aliphatic rings. The Labute approximate surface area is 120 Å². The van der Waals surface area contributed by atoms with Crippen molar-refractivity contribution in [2.45, 2.75) is 30.8 Å². The summed E-state index contributed by atoms with van der Waals surface area (Å²) in [6, 6.07) is 4.53. The van der Waals surface area contributed by atoms with E-state index in [0.29, 0.717) is 19.6 Å². The quantitative estimate of drug-likeness (QED) is 0.743. The van der Waals surface area contributed by atoms with Crippen LogP contribution in [0.4, 0.5) is 0 Å². The number of rotatable bonds is 8. The van der Waals surface area contributed by atoms with Crippen LogP contribution in [0, 0.1) is 0 Å². The highest BCUT2D eigenvalue weighted by molar-refractivity contribution is 7.89. The van der Waals surface area contributed by atoms with Gasteiger partial charge in [0.1, 0.15) is 10.6 Å². The summed E-state index contributed by atoms with van der Waals surface area (Å²) in [5.74, 6) is 0.285. The van der Waals surface area contributed by atoms with E-state index in [0.717, 1.165) is 5.56 Å². The highest BCUT2D eigenvalue weighted by atomic mass is 32.2. The molecule has 0 amide bonds. The summed E-state index contributed by atoms with van der Waals surface area (Å²) in [7, 11) is -0.690. The number of methoxy groups -OCH3 is 2. The van der Waals surface area contributed by atoms with Crippen LogP contribution in [0.25, 0.3) is 0 Å². The SMILES string of the molecule is CCC(COC)NS(=O)(=O)c1ccc(CN)cc1OC. The normalized spacial score (nSPS) is 13.2. The molecule has 1 aromatic rings. The first-order chi connectivity index (χ1) is 9.48. The van der Waals surface area contributed by atoms with Gasteiger partial charge in [0.15, 0.2) is 0 Å². The second-order valence-corrected chi connectivity index (χ2v) is 6.05. The smallest absolute Gasteiger partial charge is 0.244 e. The Hall–Kier alpha value is -1.15. The van der Waals surface area contributed by atoms with Crippen LogP contribution in [-0.2, 0) is 21.3 Å². The van der Waals surface area contributed by atoms with Gasteiger partial charge in [-0.25, -0.2) is 13.1 Å². The molecule has 1 atom stereocenters. The maximum Gasteiger partial charge on any atom is 0.244 e. The summed E-state index contributed by atoms with van der Waals surface area (Å²) in [4.78, 5) is 0.103. The third-order valence-corrected chi connectivity index (χ3v) is 4.50.